The van der Waals surface area contributed by atoms with Gasteiger partial charge in [0.05, 0.1) is 12.1 Å². The summed E-state index contributed by atoms with van der Waals surface area (Å²) in [5, 5.41) is 10.2. The predicted molar refractivity (Wildman–Crippen MR) is 93.8 cm³/mol. The molecule has 1 aliphatic rings. The number of benzene rings is 2. The molecule has 6 nitrogen and oxygen atoms in total. The van der Waals surface area contributed by atoms with Gasteiger partial charge in [-0.1, -0.05) is 0 Å². The van der Waals surface area contributed by atoms with Crippen molar-refractivity contribution in [3.63, 3.8) is 0 Å². The molecular formula is C18H15O6P. The molecule has 0 aliphatic carbocycles. The zero-order valence-electron chi connectivity index (χ0n) is 13.8. The second-order valence-electron chi connectivity index (χ2n) is 6.14. The molecule has 1 aliphatic heterocycles. The average molecular weight is 358 g/mol. The standard InChI is InChI=1S/C18H15O6P/c1-9-6-12(19)8-15-16(9)17(20)10(2)18(22-15)11-4-5-13-14(7-11)24-25(3,21)23-13/h4-8,19H,1-3H3. The molecule has 0 saturated carbocycles. The Labute approximate surface area is 143 Å². The summed E-state index contributed by atoms with van der Waals surface area (Å²) in [6.45, 7) is 4.82. The molecule has 2 heterocycles. The van der Waals surface area contributed by atoms with Crippen LogP contribution in [0.3, 0.4) is 0 Å². The van der Waals surface area contributed by atoms with Crippen molar-refractivity contribution in [2.75, 3.05) is 6.66 Å². The van der Waals surface area contributed by atoms with E-state index in [2.05, 4.69) is 0 Å². The van der Waals surface area contributed by atoms with E-state index in [1.807, 2.05) is 0 Å². The molecule has 0 bridgehead atoms. The van der Waals surface area contributed by atoms with Crippen molar-refractivity contribution < 1.29 is 23.1 Å². The summed E-state index contributed by atoms with van der Waals surface area (Å²) in [6.07, 6.45) is 0. The highest BCUT2D eigenvalue weighted by Crippen LogP contribution is 2.56. The van der Waals surface area contributed by atoms with E-state index < -0.39 is 7.60 Å². The lowest BCUT2D eigenvalue weighted by Crippen LogP contribution is -2.08. The van der Waals surface area contributed by atoms with Gasteiger partial charge >= 0.3 is 7.60 Å². The summed E-state index contributed by atoms with van der Waals surface area (Å²) >= 11 is 0. The molecule has 0 radical (unpaired) electrons. The monoisotopic (exact) mass is 358 g/mol. The van der Waals surface area contributed by atoms with Crippen molar-refractivity contribution in [2.24, 2.45) is 0 Å². The SMILES string of the molecule is Cc1c(-c2ccc3c(c2)OP(C)(=O)O3)oc2cc(O)cc(C)c2c1=O. The second kappa shape index (κ2) is 5.14. The number of hydrogen-bond donors (Lipinski definition) is 1. The van der Waals surface area contributed by atoms with E-state index in [1.165, 1.54) is 18.8 Å². The molecule has 3 aromatic rings. The largest absolute Gasteiger partial charge is 0.508 e. The maximum atomic E-state index is 12.7. The first-order valence-electron chi connectivity index (χ1n) is 7.63. The van der Waals surface area contributed by atoms with Crippen molar-refractivity contribution in [3.05, 3.63) is 51.7 Å². The maximum absolute atomic E-state index is 12.7. The highest BCUT2D eigenvalue weighted by Gasteiger charge is 2.31. The number of phenolic OH excluding ortho intramolecular Hbond substituents is 1. The van der Waals surface area contributed by atoms with Gasteiger partial charge in [0.2, 0.25) is 0 Å². The lowest BCUT2D eigenvalue weighted by Gasteiger charge is -2.09. The van der Waals surface area contributed by atoms with Crippen LogP contribution in [-0.4, -0.2) is 11.8 Å². The molecule has 7 heteroatoms. The smallest absolute Gasteiger partial charge is 0.427 e. The predicted octanol–water partition coefficient (Wildman–Crippen LogP) is 4.38. The Hall–Kier alpha value is -2.72. The Kier molecular flexibility index (Phi) is 3.24. The second-order valence-corrected chi connectivity index (χ2v) is 8.04. The van der Waals surface area contributed by atoms with Crippen LogP contribution < -0.4 is 14.5 Å². The fraction of sp³-hybridized carbons (Fsp3) is 0.167. The summed E-state index contributed by atoms with van der Waals surface area (Å²) in [5.41, 5.74) is 1.84. The van der Waals surface area contributed by atoms with Gasteiger partial charge in [0.25, 0.3) is 0 Å². The van der Waals surface area contributed by atoms with Crippen LogP contribution in [0.25, 0.3) is 22.3 Å². The number of rotatable bonds is 1. The van der Waals surface area contributed by atoms with Crippen LogP contribution in [-0.2, 0) is 4.57 Å². The van der Waals surface area contributed by atoms with Crippen molar-refractivity contribution in [1.29, 1.82) is 0 Å². The van der Waals surface area contributed by atoms with Gasteiger partial charge < -0.3 is 18.6 Å². The highest BCUT2D eigenvalue weighted by atomic mass is 31.2. The van der Waals surface area contributed by atoms with Gasteiger partial charge in [0.1, 0.15) is 17.1 Å². The molecule has 128 valence electrons. The first kappa shape index (κ1) is 15.8. The third-order valence-corrected chi connectivity index (χ3v) is 5.20. The lowest BCUT2D eigenvalue weighted by molar-refractivity contribution is 0.439. The van der Waals surface area contributed by atoms with Crippen molar-refractivity contribution in [1.82, 2.24) is 0 Å². The van der Waals surface area contributed by atoms with E-state index in [4.69, 9.17) is 13.5 Å². The number of hydrogen-bond acceptors (Lipinski definition) is 6. The molecule has 1 atom stereocenters. The molecular weight excluding hydrogens is 343 g/mol. The molecule has 0 saturated heterocycles. The summed E-state index contributed by atoms with van der Waals surface area (Å²) in [5.74, 6) is 1.13. The molecule has 2 aromatic carbocycles. The summed E-state index contributed by atoms with van der Waals surface area (Å²) < 4.78 is 28.4. The van der Waals surface area contributed by atoms with Gasteiger partial charge in [0.15, 0.2) is 16.9 Å². The number of aryl methyl sites for hydroxylation is 1. The van der Waals surface area contributed by atoms with E-state index in [1.54, 1.807) is 32.0 Å². The highest BCUT2D eigenvalue weighted by molar-refractivity contribution is 7.54. The molecule has 1 aromatic heterocycles. The van der Waals surface area contributed by atoms with Crippen molar-refractivity contribution in [2.45, 2.75) is 13.8 Å². The normalized spacial score (nSPS) is 18.7. The van der Waals surface area contributed by atoms with Gasteiger partial charge in [-0.2, -0.15) is 0 Å². The molecule has 25 heavy (non-hydrogen) atoms. The van der Waals surface area contributed by atoms with Crippen LogP contribution in [0, 0.1) is 13.8 Å². The first-order valence-corrected chi connectivity index (χ1v) is 9.62. The fourth-order valence-corrected chi connectivity index (χ4v) is 4.08. The molecule has 4 rings (SSSR count). The Morgan fingerprint density at radius 2 is 1.76 bits per heavy atom. The minimum atomic E-state index is -3.14. The summed E-state index contributed by atoms with van der Waals surface area (Å²) in [7, 11) is -3.14. The Morgan fingerprint density at radius 1 is 1.04 bits per heavy atom. The summed E-state index contributed by atoms with van der Waals surface area (Å²) in [4.78, 5) is 12.7. The number of fused-ring (bicyclic) bond motifs is 2. The molecule has 1 unspecified atom stereocenters. The zero-order chi connectivity index (χ0) is 17.9. The van der Waals surface area contributed by atoms with Crippen molar-refractivity contribution in [3.8, 4) is 28.6 Å². The van der Waals surface area contributed by atoms with Gasteiger partial charge in [-0.25, -0.2) is 4.57 Å². The van der Waals surface area contributed by atoms with E-state index in [-0.39, 0.29) is 11.2 Å². The Morgan fingerprint density at radius 3 is 2.52 bits per heavy atom. The van der Waals surface area contributed by atoms with Crippen LogP contribution in [0.5, 0.6) is 17.2 Å². The first-order chi connectivity index (χ1) is 11.7. The minimum Gasteiger partial charge on any atom is -0.508 e. The van der Waals surface area contributed by atoms with Gasteiger partial charge in [-0.15, -0.1) is 0 Å². The van der Waals surface area contributed by atoms with E-state index >= 15 is 0 Å². The number of aromatic hydroxyl groups is 1. The Balaban J connectivity index is 1.96. The molecule has 1 N–H and O–H groups in total. The van der Waals surface area contributed by atoms with Crippen LogP contribution in [0.15, 0.2) is 39.5 Å². The summed E-state index contributed by atoms with van der Waals surface area (Å²) in [6, 6.07) is 7.91. The van der Waals surface area contributed by atoms with Gasteiger partial charge in [-0.05, 0) is 43.7 Å². The number of phenols is 1. The van der Waals surface area contributed by atoms with Crippen molar-refractivity contribution >= 4 is 18.6 Å². The maximum Gasteiger partial charge on any atom is 0.427 e. The average Bonchev–Trinajstić information content (AvgIpc) is 2.82. The Bertz CT molecular complexity index is 1140. The van der Waals surface area contributed by atoms with Crippen LogP contribution >= 0.6 is 7.60 Å². The third kappa shape index (κ3) is 2.50. The minimum absolute atomic E-state index is 0.0283. The quantitative estimate of drug-likeness (QED) is 0.650. The van der Waals surface area contributed by atoms with Crippen LogP contribution in [0.4, 0.5) is 0 Å². The van der Waals surface area contributed by atoms with E-state index in [0.29, 0.717) is 44.9 Å². The van der Waals surface area contributed by atoms with E-state index in [9.17, 15) is 14.5 Å². The van der Waals surface area contributed by atoms with E-state index in [0.717, 1.165) is 0 Å². The lowest BCUT2D eigenvalue weighted by atomic mass is 10.0. The molecule has 0 fully saturated rings. The van der Waals surface area contributed by atoms with Gasteiger partial charge in [-0.3, -0.25) is 4.79 Å². The van der Waals surface area contributed by atoms with Gasteiger partial charge in [0, 0.05) is 17.2 Å². The van der Waals surface area contributed by atoms with Crippen LogP contribution in [0.1, 0.15) is 11.1 Å². The third-order valence-electron chi connectivity index (χ3n) is 4.14. The fourth-order valence-electron chi connectivity index (χ4n) is 3.03. The molecule has 0 amide bonds. The molecule has 0 spiro atoms. The van der Waals surface area contributed by atoms with Crippen LogP contribution in [0.2, 0.25) is 0 Å². The topological polar surface area (TPSA) is 86.0 Å². The zero-order valence-corrected chi connectivity index (χ0v) is 14.7.